The van der Waals surface area contributed by atoms with Crippen LogP contribution in [0.3, 0.4) is 0 Å². The standard InChI is InChI=1S/C30H38ClF2N5O3/c1-16-10-19-20(31)11-21(33)24-23(19)26(35-27(34-24)40-15-30-8-5-9-36(30)13-17(32)12-30)37-14-18-6-7-22(25(16)37)38(18)28(39)41-29(2,3)4/h11,16-18,22,25H,5-10,12-15H2,1-4H3/t16-,17+,18+,22-,25-,30-/m0/s1. The SMILES string of the molecule is C[C@H]1Cc2c(Cl)cc(F)c3nc(OC[C@@]45CCCN4C[C@H](F)C5)nc(c23)N2C[C@H]3CC[C@@H]([C@H]12)N3C(=O)OC(C)(C)C. The molecule has 0 radical (unpaired) electrons. The predicted octanol–water partition coefficient (Wildman–Crippen LogP) is 5.53. The first-order valence-electron chi connectivity index (χ1n) is 14.9. The number of amides is 1. The van der Waals surface area contributed by atoms with Gasteiger partial charge in [-0.2, -0.15) is 9.97 Å². The fraction of sp³-hybridized carbons (Fsp3) is 0.700. The second kappa shape index (κ2) is 9.53. The summed E-state index contributed by atoms with van der Waals surface area (Å²) in [6, 6.07) is 1.24. The molecule has 222 valence electrons. The summed E-state index contributed by atoms with van der Waals surface area (Å²) in [7, 11) is 0. The number of aromatic nitrogens is 2. The highest BCUT2D eigenvalue weighted by Gasteiger charge is 2.53. The van der Waals surface area contributed by atoms with Crippen LogP contribution in [0.4, 0.5) is 19.4 Å². The van der Waals surface area contributed by atoms with Crippen molar-refractivity contribution in [2.75, 3.05) is 31.1 Å². The lowest BCUT2D eigenvalue weighted by atomic mass is 9.87. The van der Waals surface area contributed by atoms with Crippen LogP contribution in [0.15, 0.2) is 6.07 Å². The molecule has 4 fully saturated rings. The van der Waals surface area contributed by atoms with E-state index in [1.165, 1.54) is 6.07 Å². The molecule has 1 amide bonds. The Morgan fingerprint density at radius 1 is 1.24 bits per heavy atom. The van der Waals surface area contributed by atoms with E-state index in [1.807, 2.05) is 25.7 Å². The van der Waals surface area contributed by atoms with Gasteiger partial charge in [-0.3, -0.25) is 9.80 Å². The third-order valence-corrected chi connectivity index (χ3v) is 10.2. The zero-order valence-corrected chi connectivity index (χ0v) is 24.9. The fourth-order valence-electron chi connectivity index (χ4n) is 8.32. The van der Waals surface area contributed by atoms with Crippen LogP contribution >= 0.6 is 11.6 Å². The fourth-order valence-corrected chi connectivity index (χ4v) is 8.59. The van der Waals surface area contributed by atoms with Crippen molar-refractivity contribution in [3.8, 4) is 6.01 Å². The molecule has 4 saturated heterocycles. The molecule has 0 aliphatic carbocycles. The Morgan fingerprint density at radius 3 is 2.83 bits per heavy atom. The van der Waals surface area contributed by atoms with E-state index in [2.05, 4.69) is 21.7 Å². The maximum Gasteiger partial charge on any atom is 0.410 e. The molecule has 0 unspecified atom stereocenters. The van der Waals surface area contributed by atoms with Gasteiger partial charge in [-0.15, -0.1) is 0 Å². The van der Waals surface area contributed by atoms with Gasteiger partial charge in [0.25, 0.3) is 0 Å². The van der Waals surface area contributed by atoms with Gasteiger partial charge in [0, 0.05) is 24.5 Å². The summed E-state index contributed by atoms with van der Waals surface area (Å²) in [4.78, 5) is 29.2. The molecule has 7 rings (SSSR count). The maximum atomic E-state index is 15.5. The Balaban J connectivity index is 1.28. The number of benzene rings is 1. The minimum Gasteiger partial charge on any atom is -0.461 e. The van der Waals surface area contributed by atoms with Crippen LogP contribution in [0.2, 0.25) is 5.02 Å². The number of carbonyl (C=O) groups is 1. The lowest BCUT2D eigenvalue weighted by Crippen LogP contribution is -2.63. The topological polar surface area (TPSA) is 71.0 Å². The number of hydrogen-bond acceptors (Lipinski definition) is 7. The Labute approximate surface area is 244 Å². The van der Waals surface area contributed by atoms with Crippen molar-refractivity contribution in [3.05, 3.63) is 22.5 Å². The van der Waals surface area contributed by atoms with E-state index in [0.29, 0.717) is 42.2 Å². The van der Waals surface area contributed by atoms with Gasteiger partial charge in [-0.05, 0) is 77.0 Å². The molecule has 8 nitrogen and oxygen atoms in total. The average Bonchev–Trinajstić information content (AvgIpc) is 3.49. The molecule has 0 saturated carbocycles. The van der Waals surface area contributed by atoms with Crippen LogP contribution in [0.5, 0.6) is 6.01 Å². The number of hydrogen-bond donors (Lipinski definition) is 0. The molecule has 6 atom stereocenters. The van der Waals surface area contributed by atoms with Gasteiger partial charge >= 0.3 is 12.1 Å². The first-order chi connectivity index (χ1) is 19.4. The zero-order valence-electron chi connectivity index (χ0n) is 24.1. The van der Waals surface area contributed by atoms with Crippen molar-refractivity contribution in [2.45, 2.75) is 102 Å². The molecule has 11 heteroatoms. The summed E-state index contributed by atoms with van der Waals surface area (Å²) >= 11 is 6.67. The van der Waals surface area contributed by atoms with E-state index in [4.69, 9.17) is 26.1 Å². The number of anilines is 1. The van der Waals surface area contributed by atoms with E-state index < -0.39 is 17.6 Å². The van der Waals surface area contributed by atoms with Gasteiger partial charge in [0.05, 0.1) is 29.1 Å². The second-order valence-corrected chi connectivity index (χ2v) is 14.2. The lowest BCUT2D eigenvalue weighted by Gasteiger charge is -2.49. The first kappa shape index (κ1) is 27.4. The van der Waals surface area contributed by atoms with Crippen LogP contribution in [0.1, 0.15) is 65.4 Å². The van der Waals surface area contributed by atoms with Crippen LogP contribution in [0.25, 0.3) is 10.9 Å². The summed E-state index contributed by atoms with van der Waals surface area (Å²) < 4.78 is 42.0. The number of alkyl halides is 1. The summed E-state index contributed by atoms with van der Waals surface area (Å²) in [6.45, 7) is 9.90. The third-order valence-electron chi connectivity index (χ3n) is 9.86. The number of fused-ring (bicyclic) bond motifs is 6. The van der Waals surface area contributed by atoms with Crippen LogP contribution in [-0.4, -0.2) is 87.5 Å². The minimum atomic E-state index is -0.873. The highest BCUT2D eigenvalue weighted by atomic mass is 35.5. The van der Waals surface area contributed by atoms with E-state index >= 15 is 4.39 Å². The molecule has 1 aromatic carbocycles. The smallest absolute Gasteiger partial charge is 0.410 e. The van der Waals surface area contributed by atoms with Gasteiger partial charge in [0.1, 0.15) is 29.7 Å². The number of ether oxygens (including phenoxy) is 2. The summed E-state index contributed by atoms with van der Waals surface area (Å²) in [5.41, 5.74) is 0.0491. The quantitative estimate of drug-likeness (QED) is 0.466. The maximum absolute atomic E-state index is 15.5. The monoisotopic (exact) mass is 589 g/mol. The number of carbonyl (C=O) groups excluding carboxylic acids is 1. The molecule has 0 spiro atoms. The molecule has 5 aliphatic heterocycles. The van der Waals surface area contributed by atoms with Gasteiger partial charge in [0.2, 0.25) is 0 Å². The van der Waals surface area contributed by atoms with E-state index in [0.717, 1.165) is 37.8 Å². The Morgan fingerprint density at radius 2 is 2.05 bits per heavy atom. The van der Waals surface area contributed by atoms with E-state index in [1.54, 1.807) is 0 Å². The summed E-state index contributed by atoms with van der Waals surface area (Å²) in [6.07, 6.45) is 3.45. The molecular weight excluding hydrogens is 552 g/mol. The summed E-state index contributed by atoms with van der Waals surface area (Å²) in [5.74, 6) is 0.181. The average molecular weight is 590 g/mol. The molecule has 2 bridgehead atoms. The van der Waals surface area contributed by atoms with Crippen molar-refractivity contribution in [1.29, 1.82) is 0 Å². The molecule has 1 aromatic heterocycles. The largest absolute Gasteiger partial charge is 0.461 e. The molecule has 0 N–H and O–H groups in total. The van der Waals surface area contributed by atoms with Crippen molar-refractivity contribution in [1.82, 2.24) is 19.8 Å². The normalized spacial score (nSPS) is 32.7. The van der Waals surface area contributed by atoms with Gasteiger partial charge < -0.3 is 14.4 Å². The molecule has 2 aromatic rings. The first-order valence-corrected chi connectivity index (χ1v) is 15.3. The Kier molecular flexibility index (Phi) is 6.36. The third kappa shape index (κ3) is 4.42. The van der Waals surface area contributed by atoms with Crippen molar-refractivity contribution in [3.63, 3.8) is 0 Å². The molecule has 5 aliphatic rings. The van der Waals surface area contributed by atoms with Crippen LogP contribution in [0, 0.1) is 11.7 Å². The number of halogens is 3. The number of piperazine rings is 1. The second-order valence-electron chi connectivity index (χ2n) is 13.7. The molecule has 41 heavy (non-hydrogen) atoms. The van der Waals surface area contributed by atoms with E-state index in [9.17, 15) is 9.18 Å². The molecule has 6 heterocycles. The van der Waals surface area contributed by atoms with Crippen molar-refractivity contribution in [2.24, 2.45) is 5.92 Å². The summed E-state index contributed by atoms with van der Waals surface area (Å²) in [5, 5.41) is 0.974. The van der Waals surface area contributed by atoms with Crippen molar-refractivity contribution < 1.29 is 23.0 Å². The lowest BCUT2D eigenvalue weighted by molar-refractivity contribution is 0.00491. The Hall–Kier alpha value is -2.46. The predicted molar refractivity (Wildman–Crippen MR) is 152 cm³/mol. The number of nitrogens with zero attached hydrogens (tertiary/aromatic N) is 5. The van der Waals surface area contributed by atoms with E-state index in [-0.39, 0.29) is 53.8 Å². The molecular formula is C30H38ClF2N5O3. The van der Waals surface area contributed by atoms with Crippen LogP contribution < -0.4 is 9.64 Å². The highest BCUT2D eigenvalue weighted by molar-refractivity contribution is 6.32. The zero-order chi connectivity index (χ0) is 28.8. The van der Waals surface area contributed by atoms with Crippen LogP contribution in [-0.2, 0) is 11.2 Å². The van der Waals surface area contributed by atoms with Gasteiger partial charge in [-0.1, -0.05) is 18.5 Å². The van der Waals surface area contributed by atoms with Gasteiger partial charge in [0.15, 0.2) is 5.82 Å². The highest BCUT2D eigenvalue weighted by Crippen LogP contribution is 2.47. The minimum absolute atomic E-state index is 0.0517. The Bertz CT molecular complexity index is 1400. The van der Waals surface area contributed by atoms with Gasteiger partial charge in [-0.25, -0.2) is 13.6 Å². The van der Waals surface area contributed by atoms with Crippen molar-refractivity contribution >= 4 is 34.4 Å². The number of rotatable bonds is 3.